The molecule has 1 N–H and O–H groups in total. The molecule has 1 saturated carbocycles. The van der Waals surface area contributed by atoms with Crippen molar-refractivity contribution < 1.29 is 4.74 Å². The third-order valence-electron chi connectivity index (χ3n) is 4.12. The molecule has 0 spiro atoms. The molecule has 1 aromatic rings. The fraction of sp³-hybridized carbons (Fsp3) is 0.769. The van der Waals surface area contributed by atoms with Crippen molar-refractivity contribution in [1.29, 1.82) is 0 Å². The van der Waals surface area contributed by atoms with E-state index in [-0.39, 0.29) is 0 Å². The van der Waals surface area contributed by atoms with Crippen LogP contribution in [0.1, 0.15) is 38.5 Å². The van der Waals surface area contributed by atoms with Gasteiger partial charge in [-0.2, -0.15) is 0 Å². The molecular weight excluding hydrogens is 232 g/mol. The SMILES string of the molecule is CCOC1CC(NCc2cncs2)C1(C)CC. The molecule has 3 atom stereocenters. The zero-order valence-electron chi connectivity index (χ0n) is 10.9. The summed E-state index contributed by atoms with van der Waals surface area (Å²) < 4.78 is 5.80. The number of thiazole rings is 1. The van der Waals surface area contributed by atoms with Crippen LogP contribution in [0.15, 0.2) is 11.7 Å². The van der Waals surface area contributed by atoms with Crippen LogP contribution in [0, 0.1) is 5.41 Å². The zero-order valence-corrected chi connectivity index (χ0v) is 11.7. The number of ether oxygens (including phenoxy) is 1. The molecule has 1 heterocycles. The van der Waals surface area contributed by atoms with Gasteiger partial charge in [-0.25, -0.2) is 0 Å². The van der Waals surface area contributed by atoms with Crippen LogP contribution in [-0.4, -0.2) is 23.7 Å². The second-order valence-electron chi connectivity index (χ2n) is 4.94. The van der Waals surface area contributed by atoms with E-state index in [1.54, 1.807) is 11.3 Å². The van der Waals surface area contributed by atoms with Gasteiger partial charge in [-0.05, 0) is 19.8 Å². The number of nitrogens with one attached hydrogen (secondary N) is 1. The number of hydrogen-bond donors (Lipinski definition) is 1. The molecule has 0 aliphatic heterocycles. The minimum Gasteiger partial charge on any atom is -0.378 e. The number of rotatable bonds is 6. The van der Waals surface area contributed by atoms with Crippen molar-refractivity contribution in [2.75, 3.05) is 6.61 Å². The molecule has 0 amide bonds. The summed E-state index contributed by atoms with van der Waals surface area (Å²) in [5.41, 5.74) is 2.18. The van der Waals surface area contributed by atoms with Gasteiger partial charge in [0.15, 0.2) is 0 Å². The molecule has 96 valence electrons. The summed E-state index contributed by atoms with van der Waals surface area (Å²) in [4.78, 5) is 5.41. The maximum absolute atomic E-state index is 5.80. The molecule has 1 fully saturated rings. The van der Waals surface area contributed by atoms with E-state index in [1.165, 1.54) is 4.88 Å². The Hall–Kier alpha value is -0.450. The largest absolute Gasteiger partial charge is 0.378 e. The van der Waals surface area contributed by atoms with Crippen LogP contribution in [-0.2, 0) is 11.3 Å². The number of aromatic nitrogens is 1. The molecular formula is C13H22N2OS. The smallest absolute Gasteiger partial charge is 0.0794 e. The Kier molecular flexibility index (Phi) is 4.17. The van der Waals surface area contributed by atoms with E-state index in [2.05, 4.69) is 31.1 Å². The second kappa shape index (κ2) is 5.46. The fourth-order valence-electron chi connectivity index (χ4n) is 2.62. The van der Waals surface area contributed by atoms with Gasteiger partial charge in [-0.1, -0.05) is 13.8 Å². The van der Waals surface area contributed by atoms with Crippen molar-refractivity contribution >= 4 is 11.3 Å². The van der Waals surface area contributed by atoms with Gasteiger partial charge in [0.1, 0.15) is 0 Å². The van der Waals surface area contributed by atoms with Crippen LogP contribution >= 0.6 is 11.3 Å². The first-order valence-electron chi connectivity index (χ1n) is 6.43. The molecule has 17 heavy (non-hydrogen) atoms. The average Bonchev–Trinajstić information content (AvgIpc) is 2.84. The topological polar surface area (TPSA) is 34.1 Å². The van der Waals surface area contributed by atoms with Crippen LogP contribution in [0.3, 0.4) is 0 Å². The van der Waals surface area contributed by atoms with Gasteiger partial charge >= 0.3 is 0 Å². The van der Waals surface area contributed by atoms with Crippen molar-refractivity contribution in [3.63, 3.8) is 0 Å². The lowest BCUT2D eigenvalue weighted by Gasteiger charge is -2.53. The molecule has 1 aromatic heterocycles. The van der Waals surface area contributed by atoms with Crippen LogP contribution in [0.4, 0.5) is 0 Å². The lowest BCUT2D eigenvalue weighted by molar-refractivity contribution is -0.126. The summed E-state index contributed by atoms with van der Waals surface area (Å²) in [7, 11) is 0. The minimum atomic E-state index is 0.292. The van der Waals surface area contributed by atoms with Crippen molar-refractivity contribution in [1.82, 2.24) is 10.3 Å². The molecule has 3 unspecified atom stereocenters. The standard InChI is InChI=1S/C13H22N2OS/c1-4-13(3)11(6-12(13)16-5-2)15-8-10-7-14-9-17-10/h7,9,11-12,15H,4-6,8H2,1-3H3. The lowest BCUT2D eigenvalue weighted by atomic mass is 9.61. The van der Waals surface area contributed by atoms with Crippen LogP contribution in [0.25, 0.3) is 0 Å². The van der Waals surface area contributed by atoms with Crippen LogP contribution in [0.5, 0.6) is 0 Å². The van der Waals surface area contributed by atoms with Crippen molar-refractivity contribution in [2.45, 2.75) is 52.3 Å². The maximum Gasteiger partial charge on any atom is 0.0794 e. The van der Waals surface area contributed by atoms with E-state index in [0.717, 1.165) is 26.0 Å². The Morgan fingerprint density at radius 2 is 2.41 bits per heavy atom. The predicted molar refractivity (Wildman–Crippen MR) is 71.2 cm³/mol. The molecule has 1 aliphatic carbocycles. The molecule has 4 heteroatoms. The quantitative estimate of drug-likeness (QED) is 0.847. The number of nitrogens with zero attached hydrogens (tertiary/aromatic N) is 1. The summed E-state index contributed by atoms with van der Waals surface area (Å²) >= 11 is 1.71. The van der Waals surface area contributed by atoms with Crippen LogP contribution < -0.4 is 5.32 Å². The van der Waals surface area contributed by atoms with Gasteiger partial charge in [0, 0.05) is 35.7 Å². The van der Waals surface area contributed by atoms with Gasteiger partial charge in [0.25, 0.3) is 0 Å². The summed E-state index contributed by atoms with van der Waals surface area (Å²) in [6.07, 6.45) is 4.67. The Morgan fingerprint density at radius 1 is 1.59 bits per heavy atom. The highest BCUT2D eigenvalue weighted by Gasteiger charge is 2.50. The molecule has 1 aliphatic rings. The highest BCUT2D eigenvalue weighted by molar-refractivity contribution is 7.09. The molecule has 0 radical (unpaired) electrons. The van der Waals surface area contributed by atoms with E-state index >= 15 is 0 Å². The van der Waals surface area contributed by atoms with E-state index in [4.69, 9.17) is 4.74 Å². The second-order valence-corrected chi connectivity index (χ2v) is 5.91. The van der Waals surface area contributed by atoms with E-state index in [1.807, 2.05) is 11.7 Å². The minimum absolute atomic E-state index is 0.292. The molecule has 0 saturated heterocycles. The summed E-state index contributed by atoms with van der Waals surface area (Å²) in [6, 6.07) is 0.575. The zero-order chi connectivity index (χ0) is 12.3. The van der Waals surface area contributed by atoms with Crippen LogP contribution in [0.2, 0.25) is 0 Å². The first-order chi connectivity index (χ1) is 8.20. The Balaban J connectivity index is 1.86. The third-order valence-corrected chi connectivity index (χ3v) is 4.90. The summed E-state index contributed by atoms with van der Waals surface area (Å²) in [5, 5.41) is 3.64. The van der Waals surface area contributed by atoms with Crippen molar-refractivity contribution in [2.24, 2.45) is 5.41 Å². The normalized spacial score (nSPS) is 32.4. The van der Waals surface area contributed by atoms with Gasteiger partial charge in [0.05, 0.1) is 11.6 Å². The van der Waals surface area contributed by atoms with Gasteiger partial charge in [0.2, 0.25) is 0 Å². The highest BCUT2D eigenvalue weighted by Crippen LogP contribution is 2.45. The molecule has 0 aromatic carbocycles. The van der Waals surface area contributed by atoms with Gasteiger partial charge in [-0.15, -0.1) is 11.3 Å². The number of hydrogen-bond acceptors (Lipinski definition) is 4. The Bertz CT molecular complexity index is 341. The fourth-order valence-corrected chi connectivity index (χ4v) is 3.17. The first kappa shape index (κ1) is 13.0. The lowest BCUT2D eigenvalue weighted by Crippen LogP contribution is -2.61. The van der Waals surface area contributed by atoms with Crippen molar-refractivity contribution in [3.8, 4) is 0 Å². The molecule has 2 rings (SSSR count). The van der Waals surface area contributed by atoms with E-state index < -0.39 is 0 Å². The highest BCUT2D eigenvalue weighted by atomic mass is 32.1. The average molecular weight is 254 g/mol. The van der Waals surface area contributed by atoms with Crippen molar-refractivity contribution in [3.05, 3.63) is 16.6 Å². The first-order valence-corrected chi connectivity index (χ1v) is 7.31. The summed E-state index contributed by atoms with van der Waals surface area (Å²) in [6.45, 7) is 8.42. The third kappa shape index (κ3) is 2.54. The summed E-state index contributed by atoms with van der Waals surface area (Å²) in [5.74, 6) is 0. The van der Waals surface area contributed by atoms with E-state index in [0.29, 0.717) is 17.6 Å². The maximum atomic E-state index is 5.80. The molecule has 0 bridgehead atoms. The molecule has 3 nitrogen and oxygen atoms in total. The Morgan fingerprint density at radius 3 is 3.00 bits per heavy atom. The van der Waals surface area contributed by atoms with Gasteiger partial charge < -0.3 is 10.1 Å². The predicted octanol–water partition coefficient (Wildman–Crippen LogP) is 2.83. The van der Waals surface area contributed by atoms with E-state index in [9.17, 15) is 0 Å². The monoisotopic (exact) mass is 254 g/mol. The Labute approximate surface area is 108 Å². The van der Waals surface area contributed by atoms with Gasteiger partial charge in [-0.3, -0.25) is 4.98 Å².